The van der Waals surface area contributed by atoms with Crippen molar-refractivity contribution in [1.82, 2.24) is 0 Å². The van der Waals surface area contributed by atoms with Gasteiger partial charge in [0.05, 0.1) is 6.61 Å². The molecule has 0 aliphatic carbocycles. The number of rotatable bonds is 8. The molecule has 15 heavy (non-hydrogen) atoms. The minimum Gasteiger partial charge on any atom is -0.479 e. The quantitative estimate of drug-likeness (QED) is 0.331. The molecule has 10 nitrogen and oxygen atoms in total. The van der Waals surface area contributed by atoms with Crippen LogP contribution < -0.4 is 0 Å². The molecule has 0 saturated heterocycles. The van der Waals surface area contributed by atoms with Gasteiger partial charge in [-0.05, 0) is 0 Å². The van der Waals surface area contributed by atoms with Crippen molar-refractivity contribution in [3.8, 4) is 0 Å². The molecule has 0 aromatic carbocycles. The normalized spacial score (nSPS) is 23.1. The summed E-state index contributed by atoms with van der Waals surface area (Å²) in [4.78, 5) is 34.1. The van der Waals surface area contributed by atoms with E-state index < -0.39 is 34.3 Å². The van der Waals surface area contributed by atoms with Crippen molar-refractivity contribution >= 4 is 21.6 Å². The second kappa shape index (κ2) is 5.15. The van der Waals surface area contributed by atoms with Crippen LogP contribution in [0.4, 0.5) is 0 Å². The van der Waals surface area contributed by atoms with E-state index in [-0.39, 0.29) is 0 Å². The molecule has 0 radical (unpaired) electrons. The van der Waals surface area contributed by atoms with Gasteiger partial charge in [0.2, 0.25) is 2.86 Å². The minimum atomic E-state index is -4.93. The lowest BCUT2D eigenvalue weighted by Gasteiger charge is -2.14. The summed E-state index contributed by atoms with van der Waals surface area (Å²) in [7, 11) is -9.70. The maximum absolute atomic E-state index is 10.7. The average Bonchev–Trinajstić information content (AvgIpc) is 2.24. The molecular formula is C3H8O10P2. The second-order valence-corrected chi connectivity index (χ2v) is 4.51. The van der Waals surface area contributed by atoms with Crippen molar-refractivity contribution in [3.63, 3.8) is 0 Å². The molecule has 0 spiro atoms. The lowest BCUT2D eigenvalue weighted by Crippen LogP contribution is -2.27. The Labute approximate surface area is 85.9 Å². The van der Waals surface area contributed by atoms with Gasteiger partial charge in [0.1, 0.15) is 0 Å². The van der Waals surface area contributed by atoms with Crippen LogP contribution in [0.25, 0.3) is 0 Å². The predicted molar refractivity (Wildman–Crippen MR) is 42.5 cm³/mol. The Morgan fingerprint density at radius 1 is 1.33 bits per heavy atom. The summed E-state index contributed by atoms with van der Waals surface area (Å²) in [5, 5.41) is 8.49. The molecule has 0 aromatic rings. The van der Waals surface area contributed by atoms with E-state index in [1.54, 1.807) is 0 Å². The summed E-state index contributed by atoms with van der Waals surface area (Å²) in [5.41, 5.74) is 0. The van der Waals surface area contributed by atoms with Crippen LogP contribution in [0.2, 0.25) is 0 Å². The Morgan fingerprint density at radius 3 is 2.27 bits per heavy atom. The number of carboxylic acids is 1. The number of carbonyl (C=O) groups is 1. The number of phosphoric acid groups is 2. The van der Waals surface area contributed by atoms with Crippen LogP contribution in [0.15, 0.2) is 0 Å². The van der Waals surface area contributed by atoms with Gasteiger partial charge in [-0.1, -0.05) is 0 Å². The SMILES string of the molecule is [2H]OP(=O)(O)OCC(OP(=O)(O)O[2H])C(=O)O. The van der Waals surface area contributed by atoms with Crippen LogP contribution in [0.3, 0.4) is 0 Å². The van der Waals surface area contributed by atoms with Crippen LogP contribution >= 0.6 is 15.6 Å². The highest BCUT2D eigenvalue weighted by Gasteiger charge is 2.30. The Balaban J connectivity index is 4.53. The van der Waals surface area contributed by atoms with Crippen molar-refractivity contribution in [1.29, 1.82) is 2.86 Å². The first-order chi connectivity index (χ1) is 7.63. The zero-order valence-electron chi connectivity index (χ0n) is 8.88. The molecule has 0 amide bonds. The van der Waals surface area contributed by atoms with E-state index >= 15 is 0 Å². The van der Waals surface area contributed by atoms with Crippen LogP contribution in [0, 0.1) is 0 Å². The molecule has 3 unspecified atom stereocenters. The molecular weight excluding hydrogens is 258 g/mol. The first kappa shape index (κ1) is 11.2. The largest absolute Gasteiger partial charge is 0.479 e. The van der Waals surface area contributed by atoms with Crippen LogP contribution in [0.1, 0.15) is 0 Å². The lowest BCUT2D eigenvalue weighted by molar-refractivity contribution is -0.147. The maximum Gasteiger partial charge on any atom is 0.470 e. The van der Waals surface area contributed by atoms with Crippen LogP contribution in [-0.2, 0) is 23.0 Å². The Hall–Kier alpha value is -0.310. The zero-order valence-corrected chi connectivity index (χ0v) is 8.67. The third-order valence-electron chi connectivity index (χ3n) is 0.925. The molecule has 0 saturated carbocycles. The molecule has 0 aliphatic heterocycles. The van der Waals surface area contributed by atoms with E-state index in [1.165, 1.54) is 0 Å². The summed E-state index contributed by atoms with van der Waals surface area (Å²) in [6, 6.07) is 0. The summed E-state index contributed by atoms with van der Waals surface area (Å²) in [6.45, 7) is -1.17. The molecule has 0 aromatic heterocycles. The monoisotopic (exact) mass is 268 g/mol. The van der Waals surface area contributed by atoms with Crippen molar-refractivity contribution in [2.75, 3.05) is 6.61 Å². The smallest absolute Gasteiger partial charge is 0.470 e. The third kappa shape index (κ3) is 8.67. The Kier molecular flexibility index (Phi) is 3.84. The van der Waals surface area contributed by atoms with Crippen molar-refractivity contribution in [2.45, 2.75) is 6.10 Å². The maximum atomic E-state index is 10.7. The molecule has 0 rings (SSSR count). The second-order valence-electron chi connectivity index (χ2n) is 2.17. The van der Waals surface area contributed by atoms with Gasteiger partial charge in [-0.25, -0.2) is 13.9 Å². The minimum absolute atomic E-state index is 1.17. The summed E-state index contributed by atoms with van der Waals surface area (Å²) >= 11 is 0. The first-order valence-electron chi connectivity index (χ1n) is 3.96. The van der Waals surface area contributed by atoms with Crippen molar-refractivity contribution < 1.29 is 47.7 Å². The highest BCUT2D eigenvalue weighted by molar-refractivity contribution is 7.46. The first-order valence-corrected chi connectivity index (χ1v) is 6.14. The van der Waals surface area contributed by atoms with E-state index in [0.717, 1.165) is 0 Å². The third-order valence-corrected chi connectivity index (χ3v) is 1.92. The molecule has 5 N–H and O–H groups in total. The van der Waals surface area contributed by atoms with Crippen LogP contribution in [0.5, 0.6) is 0 Å². The van der Waals surface area contributed by atoms with E-state index in [2.05, 4.69) is 18.8 Å². The molecule has 0 aliphatic rings. The number of aliphatic carboxylic acids is 1. The number of phosphoric ester groups is 2. The van der Waals surface area contributed by atoms with E-state index in [1.807, 2.05) is 0 Å². The highest BCUT2D eigenvalue weighted by atomic mass is 31.2. The van der Waals surface area contributed by atoms with E-state index in [4.69, 9.17) is 17.8 Å². The summed E-state index contributed by atoms with van der Waals surface area (Å²) in [6.07, 6.45) is -2.16. The topological polar surface area (TPSA) is 171 Å². The van der Waals surface area contributed by atoms with Crippen LogP contribution in [-0.4, -0.2) is 46.2 Å². The van der Waals surface area contributed by atoms with Crippen molar-refractivity contribution in [2.24, 2.45) is 0 Å². The Morgan fingerprint density at radius 2 is 1.87 bits per heavy atom. The molecule has 3 atom stereocenters. The van der Waals surface area contributed by atoms with Gasteiger partial charge >= 0.3 is 21.6 Å². The zero-order chi connectivity index (χ0) is 13.7. The standard InChI is InChI=1S/C3H8O10P2/c4-3(5)2(13-15(9,10)11)1-12-14(6,7)8/h2H,1H2,(H,4,5)(H2,6,7,8)(H2,9,10,11)/i/hD2. The fourth-order valence-corrected chi connectivity index (χ4v) is 1.27. The van der Waals surface area contributed by atoms with Gasteiger partial charge in [0, 0.05) is 0 Å². The lowest BCUT2D eigenvalue weighted by atomic mass is 10.4. The predicted octanol–water partition coefficient (Wildman–Crippen LogP) is -1.34. The van der Waals surface area contributed by atoms with Crippen molar-refractivity contribution in [3.05, 3.63) is 0 Å². The fraction of sp³-hybridized carbons (Fsp3) is 0.667. The molecule has 90 valence electrons. The fourth-order valence-electron chi connectivity index (χ4n) is 0.469. The number of carboxylic acid groups (broad SMARTS) is 1. The number of hydrogen-bond acceptors (Lipinski definition) is 7. The molecule has 0 bridgehead atoms. The summed E-state index contributed by atoms with van der Waals surface area (Å²) in [5.74, 6) is -1.82. The van der Waals surface area contributed by atoms with E-state index in [9.17, 15) is 13.9 Å². The average molecular weight is 268 g/mol. The Bertz CT molecular complexity index is 357. The van der Waals surface area contributed by atoms with Gasteiger partial charge in [-0.15, -0.1) is 0 Å². The van der Waals surface area contributed by atoms with Gasteiger partial charge in [-0.3, -0.25) is 9.05 Å². The van der Waals surface area contributed by atoms with Gasteiger partial charge in [-0.2, -0.15) is 0 Å². The number of hydrogen-bond donors (Lipinski definition) is 5. The molecule has 0 fully saturated rings. The summed E-state index contributed by atoms with van der Waals surface area (Å²) < 4.78 is 41.4. The highest BCUT2D eigenvalue weighted by Crippen LogP contribution is 2.40. The van der Waals surface area contributed by atoms with Gasteiger partial charge in [0.15, 0.2) is 6.10 Å². The molecule has 12 heteroatoms. The van der Waals surface area contributed by atoms with Gasteiger partial charge < -0.3 is 24.7 Å². The molecule has 0 heterocycles. The van der Waals surface area contributed by atoms with Gasteiger partial charge in [0.25, 0.3) is 0 Å². The van der Waals surface area contributed by atoms with E-state index in [0.29, 0.717) is 0 Å².